The van der Waals surface area contributed by atoms with Gasteiger partial charge in [0.05, 0.1) is 13.7 Å². The van der Waals surface area contributed by atoms with Gasteiger partial charge in [-0.2, -0.15) is 0 Å². The first-order valence-electron chi connectivity index (χ1n) is 9.15. The molecule has 0 heterocycles. The zero-order valence-corrected chi connectivity index (χ0v) is 7.58. The van der Waals surface area contributed by atoms with Gasteiger partial charge in [0.2, 0.25) is 6.71 Å². The molecule has 14 heavy (non-hydrogen) atoms. The van der Waals surface area contributed by atoms with Crippen LogP contribution >= 0.6 is 0 Å². The second-order valence-electron chi connectivity index (χ2n) is 2.80. The molecule has 1 heteroatoms. The summed E-state index contributed by atoms with van der Waals surface area (Å²) in [4.78, 5) is 0. The maximum absolute atomic E-state index is 7.98. The molecular formula is C13H13B. The van der Waals surface area contributed by atoms with E-state index in [9.17, 15) is 0 Å². The van der Waals surface area contributed by atoms with Crippen molar-refractivity contribution in [3.8, 4) is 0 Å². The summed E-state index contributed by atoms with van der Waals surface area (Å²) in [5.41, 5.74) is -0.195. The normalized spacial score (nSPS) is 19.8. The highest BCUT2D eigenvalue weighted by Crippen LogP contribution is 1.91. The van der Waals surface area contributed by atoms with E-state index in [1.807, 2.05) is 0 Å². The first-order chi connectivity index (χ1) is 11.0. The van der Waals surface area contributed by atoms with Crippen LogP contribution in [0.4, 0.5) is 0 Å². The summed E-state index contributed by atoms with van der Waals surface area (Å²) in [5.74, 6) is 0. The van der Waals surface area contributed by atoms with Crippen LogP contribution in [0.25, 0.3) is 0 Å². The van der Waals surface area contributed by atoms with Gasteiger partial charge in [-0.3, -0.25) is 0 Å². The number of hydrogen-bond acceptors (Lipinski definition) is 0. The average Bonchev–Trinajstić information content (AvgIpc) is 2.55. The Morgan fingerprint density at radius 1 is 0.786 bits per heavy atom. The lowest BCUT2D eigenvalue weighted by Gasteiger charge is -2.08. The second kappa shape index (κ2) is 4.14. The van der Waals surface area contributed by atoms with Crippen LogP contribution in [0.3, 0.4) is 0 Å². The Balaban J connectivity index is 2.84. The lowest BCUT2D eigenvalue weighted by atomic mass is 9.43. The van der Waals surface area contributed by atoms with E-state index in [-0.39, 0.29) is 10.9 Å². The van der Waals surface area contributed by atoms with Gasteiger partial charge in [-0.15, -0.1) is 0 Å². The van der Waals surface area contributed by atoms with Crippen LogP contribution in [-0.2, 0) is 0 Å². The molecule has 0 amide bonds. The van der Waals surface area contributed by atoms with Crippen LogP contribution < -0.4 is 10.9 Å². The van der Waals surface area contributed by atoms with Gasteiger partial charge >= 0.3 is 0 Å². The maximum Gasteiger partial charge on any atom is 0.206 e. The third kappa shape index (κ3) is 1.87. The molecule has 0 nitrogen and oxygen atoms in total. The Hall–Kier alpha value is -1.50. The zero-order valence-electron chi connectivity index (χ0n) is 17.6. The Labute approximate surface area is 99.7 Å². The molecule has 0 aliphatic heterocycles. The third-order valence-corrected chi connectivity index (χ3v) is 1.90. The Bertz CT molecular complexity index is 720. The largest absolute Gasteiger partial charge is 0.206 e. The summed E-state index contributed by atoms with van der Waals surface area (Å²) in [6.45, 7) is 0.495. The van der Waals surface area contributed by atoms with E-state index >= 15 is 0 Å². The topological polar surface area (TPSA) is 0 Å². The van der Waals surface area contributed by atoms with Crippen molar-refractivity contribution in [3.63, 3.8) is 0 Å². The van der Waals surface area contributed by atoms with Crippen LogP contribution in [0.15, 0.2) is 60.4 Å². The van der Waals surface area contributed by atoms with Crippen molar-refractivity contribution in [2.75, 3.05) is 0 Å². The van der Waals surface area contributed by atoms with Gasteiger partial charge in [-0.25, -0.2) is 0 Å². The van der Waals surface area contributed by atoms with Gasteiger partial charge in [0, 0.05) is 0 Å². The molecule has 2 aromatic carbocycles. The van der Waals surface area contributed by atoms with E-state index in [4.69, 9.17) is 13.7 Å². The molecule has 2 aromatic rings. The predicted molar refractivity (Wildman–Crippen MR) is 63.8 cm³/mol. The van der Waals surface area contributed by atoms with Crippen molar-refractivity contribution >= 4 is 17.6 Å². The lowest BCUT2D eigenvalue weighted by molar-refractivity contribution is 1.72. The number of benzene rings is 2. The number of hydrogen-bond donors (Lipinski definition) is 0. The van der Waals surface area contributed by atoms with Gasteiger partial charge in [0.15, 0.2) is 0 Å². The lowest BCUT2D eigenvalue weighted by Crippen LogP contribution is -2.38. The van der Waals surface area contributed by atoms with E-state index in [2.05, 4.69) is 0 Å². The zero-order chi connectivity index (χ0) is 18.5. The molecule has 0 saturated heterocycles. The van der Waals surface area contributed by atoms with Crippen LogP contribution in [0, 0.1) is 0 Å². The number of rotatable bonds is 2. The molecule has 0 aliphatic rings. The minimum Gasteiger partial charge on any atom is -0.0774 e. The minimum atomic E-state index is -0.965. The second-order valence-corrected chi connectivity index (χ2v) is 2.80. The summed E-state index contributed by atoms with van der Waals surface area (Å²) in [5, 5.41) is 0. The molecular weight excluding hydrogens is 167 g/mol. The molecule has 0 fully saturated rings. The van der Waals surface area contributed by atoms with E-state index < -0.39 is 67.1 Å². The van der Waals surface area contributed by atoms with E-state index in [1.165, 1.54) is 6.82 Å². The molecule has 0 bridgehead atoms. The smallest absolute Gasteiger partial charge is 0.0774 e. The highest BCUT2D eigenvalue weighted by Gasteiger charge is 2.10. The standard InChI is InChI=1S/C13H13B/c1-14(12-8-4-2-5-9-12)13-10-6-3-7-11-13/h2-11H,1H3/i2D,3D,4D,5D,6D,7D,8D,9D,10D,11D. The van der Waals surface area contributed by atoms with Gasteiger partial charge in [-0.1, -0.05) is 78.2 Å². The van der Waals surface area contributed by atoms with Gasteiger partial charge < -0.3 is 0 Å². The highest BCUT2D eigenvalue weighted by molar-refractivity contribution is 6.84. The van der Waals surface area contributed by atoms with Crippen LogP contribution in [0.2, 0.25) is 6.82 Å². The Kier molecular flexibility index (Phi) is 0.887. The fourth-order valence-corrected chi connectivity index (χ4v) is 1.10. The first-order valence-corrected chi connectivity index (χ1v) is 4.15. The molecule has 0 unspecified atom stereocenters. The fourth-order valence-electron chi connectivity index (χ4n) is 1.10. The monoisotopic (exact) mass is 190 g/mol. The van der Waals surface area contributed by atoms with Crippen molar-refractivity contribution in [2.24, 2.45) is 0 Å². The Morgan fingerprint density at radius 3 is 1.50 bits per heavy atom. The highest BCUT2D eigenvalue weighted by atomic mass is 13.9. The summed E-state index contributed by atoms with van der Waals surface area (Å²) in [6, 6.07) is -4.95. The molecule has 2 rings (SSSR count). The van der Waals surface area contributed by atoms with Crippen molar-refractivity contribution in [1.82, 2.24) is 0 Å². The van der Waals surface area contributed by atoms with Crippen molar-refractivity contribution in [1.29, 1.82) is 0 Å². The van der Waals surface area contributed by atoms with Crippen LogP contribution in [0.5, 0.6) is 0 Å². The Morgan fingerprint density at radius 2 is 1.14 bits per heavy atom. The third-order valence-electron chi connectivity index (χ3n) is 1.90. The molecule has 68 valence electrons. The quantitative estimate of drug-likeness (QED) is 0.634. The van der Waals surface area contributed by atoms with Gasteiger partial charge in [0.1, 0.15) is 0 Å². The van der Waals surface area contributed by atoms with Gasteiger partial charge in [0.25, 0.3) is 0 Å². The van der Waals surface area contributed by atoms with Crippen LogP contribution in [0.1, 0.15) is 13.7 Å². The van der Waals surface area contributed by atoms with Gasteiger partial charge in [-0.05, 0) is 0 Å². The van der Waals surface area contributed by atoms with Crippen molar-refractivity contribution in [2.45, 2.75) is 6.82 Å². The summed E-state index contributed by atoms with van der Waals surface area (Å²) >= 11 is 0. The maximum atomic E-state index is 7.98. The molecule has 0 aliphatic carbocycles. The fraction of sp³-hybridized carbons (Fsp3) is 0.0769. The average molecular weight is 190 g/mol. The van der Waals surface area contributed by atoms with E-state index in [0.717, 1.165) is 0 Å². The summed E-state index contributed by atoms with van der Waals surface area (Å²) < 4.78 is 78.0. The first kappa shape index (κ1) is 3.00. The summed E-state index contributed by atoms with van der Waals surface area (Å²) in [7, 11) is 0. The molecule has 0 atom stereocenters. The summed E-state index contributed by atoms with van der Waals surface area (Å²) in [6.07, 6.45) is 0. The van der Waals surface area contributed by atoms with Crippen molar-refractivity contribution < 1.29 is 13.7 Å². The molecule has 0 radical (unpaired) electrons. The molecule has 0 aromatic heterocycles. The molecule has 0 N–H and O–H groups in total. The molecule has 0 spiro atoms. The van der Waals surface area contributed by atoms with Crippen molar-refractivity contribution in [3.05, 3.63) is 60.4 Å². The predicted octanol–water partition coefficient (Wildman–Crippen LogP) is 1.93. The van der Waals surface area contributed by atoms with E-state index in [1.54, 1.807) is 0 Å². The minimum absolute atomic E-state index is 0.0977. The SMILES string of the molecule is [2H]c1c([2H])c([2H])c(B(C)c2c([2H])c([2H])c([2H])c([2H])c2[2H])c([2H])c1[2H]. The van der Waals surface area contributed by atoms with E-state index in [0.29, 0.717) is 0 Å². The molecule has 0 saturated carbocycles. The van der Waals surface area contributed by atoms with Crippen LogP contribution in [-0.4, -0.2) is 6.71 Å².